The van der Waals surface area contributed by atoms with Crippen LogP contribution in [0.2, 0.25) is 5.02 Å². The predicted octanol–water partition coefficient (Wildman–Crippen LogP) is 7.12. The standard InChI is InChI=1S/C27H36ClF3N4O3/c1-6-21-12-23(13-22(7-2)35(21)26(36)38-17(4)5)34(25-32-14-24(15-33-25)37-8-3)16-18-9-19(27(29,30)31)11-20(28)10-18/h9-11,14-15,17,21-23H,6-8,12-13,16H2,1-5H3/t21-,22+,23+. The topological polar surface area (TPSA) is 67.8 Å². The van der Waals surface area contributed by atoms with E-state index >= 15 is 0 Å². The van der Waals surface area contributed by atoms with Gasteiger partial charge < -0.3 is 19.3 Å². The van der Waals surface area contributed by atoms with Crippen LogP contribution in [0.15, 0.2) is 30.6 Å². The number of alkyl halides is 3. The summed E-state index contributed by atoms with van der Waals surface area (Å²) in [6.45, 7) is 10.1. The van der Waals surface area contributed by atoms with E-state index < -0.39 is 11.7 Å². The van der Waals surface area contributed by atoms with Crippen LogP contribution in [0.25, 0.3) is 0 Å². The number of nitrogens with zero attached hydrogens (tertiary/aromatic N) is 4. The molecule has 0 spiro atoms. The molecule has 1 aliphatic heterocycles. The van der Waals surface area contributed by atoms with Gasteiger partial charge in [-0.2, -0.15) is 13.2 Å². The van der Waals surface area contributed by atoms with Gasteiger partial charge in [0.2, 0.25) is 5.95 Å². The Balaban J connectivity index is 1.99. The minimum absolute atomic E-state index is 0.00602. The first-order valence-electron chi connectivity index (χ1n) is 13.0. The number of piperidine rings is 1. The Labute approximate surface area is 227 Å². The van der Waals surface area contributed by atoms with Crippen LogP contribution < -0.4 is 9.64 Å². The van der Waals surface area contributed by atoms with E-state index in [9.17, 15) is 18.0 Å². The van der Waals surface area contributed by atoms with Crippen molar-refractivity contribution in [2.24, 2.45) is 0 Å². The summed E-state index contributed by atoms with van der Waals surface area (Å²) in [7, 11) is 0. The van der Waals surface area contributed by atoms with E-state index in [-0.39, 0.29) is 41.9 Å². The number of anilines is 1. The Morgan fingerprint density at radius 3 is 2.21 bits per heavy atom. The molecule has 0 N–H and O–H groups in total. The van der Waals surface area contributed by atoms with Crippen LogP contribution in [0.5, 0.6) is 5.75 Å². The fraction of sp³-hybridized carbons (Fsp3) is 0.593. The van der Waals surface area contributed by atoms with Crippen LogP contribution in [0.3, 0.4) is 0 Å². The molecule has 11 heteroatoms. The Hall–Kier alpha value is -2.75. The van der Waals surface area contributed by atoms with Gasteiger partial charge in [0.1, 0.15) is 0 Å². The number of carbonyl (C=O) groups excluding carboxylic acids is 1. The quantitative estimate of drug-likeness (QED) is 0.327. The second kappa shape index (κ2) is 12.9. The first-order chi connectivity index (χ1) is 18.0. The maximum atomic E-state index is 13.5. The fourth-order valence-corrected chi connectivity index (χ4v) is 5.21. The number of carbonyl (C=O) groups is 1. The van der Waals surface area contributed by atoms with Gasteiger partial charge in [0, 0.05) is 29.7 Å². The molecular weight excluding hydrogens is 521 g/mol. The largest absolute Gasteiger partial charge is 0.491 e. The molecule has 2 heterocycles. The van der Waals surface area contributed by atoms with Gasteiger partial charge in [-0.05, 0) is 70.2 Å². The third kappa shape index (κ3) is 7.42. The number of hydrogen-bond acceptors (Lipinski definition) is 6. The Bertz CT molecular complexity index is 1050. The molecule has 1 aromatic heterocycles. The van der Waals surface area contributed by atoms with E-state index in [1.165, 1.54) is 6.07 Å². The van der Waals surface area contributed by atoms with Crippen LogP contribution in [0.1, 0.15) is 71.4 Å². The predicted molar refractivity (Wildman–Crippen MR) is 140 cm³/mol. The lowest BCUT2D eigenvalue weighted by Gasteiger charge is -2.47. The van der Waals surface area contributed by atoms with Crippen molar-refractivity contribution in [3.05, 3.63) is 46.7 Å². The van der Waals surface area contributed by atoms with Gasteiger partial charge in [-0.15, -0.1) is 0 Å². The van der Waals surface area contributed by atoms with Crippen molar-refractivity contribution in [2.45, 2.75) is 97.3 Å². The third-order valence-corrected chi connectivity index (χ3v) is 6.84. The third-order valence-electron chi connectivity index (χ3n) is 6.63. The molecule has 0 aliphatic carbocycles. The van der Waals surface area contributed by atoms with Crippen LogP contribution >= 0.6 is 11.6 Å². The number of benzene rings is 1. The Kier molecular flexibility index (Phi) is 10.1. The first-order valence-corrected chi connectivity index (χ1v) is 13.4. The average molecular weight is 557 g/mol. The Morgan fingerprint density at radius 1 is 1.11 bits per heavy atom. The maximum Gasteiger partial charge on any atom is 0.416 e. The highest BCUT2D eigenvalue weighted by atomic mass is 35.5. The summed E-state index contributed by atoms with van der Waals surface area (Å²) in [5, 5.41) is 0.00602. The number of likely N-dealkylation sites (tertiary alicyclic amines) is 1. The van der Waals surface area contributed by atoms with Gasteiger partial charge >= 0.3 is 12.3 Å². The Morgan fingerprint density at radius 2 is 1.71 bits per heavy atom. The highest BCUT2D eigenvalue weighted by Crippen LogP contribution is 2.35. The van der Waals surface area contributed by atoms with Gasteiger partial charge in [-0.1, -0.05) is 25.4 Å². The SMILES string of the molecule is CCOc1cnc(N(Cc2cc(Cl)cc(C(F)(F)F)c2)[C@H]2C[C@@H](CC)N(C(=O)OC(C)C)[C@@H](CC)C2)nc1. The second-order valence-corrected chi connectivity index (χ2v) is 10.2. The summed E-state index contributed by atoms with van der Waals surface area (Å²) in [6.07, 6.45) is 0.584. The van der Waals surface area contributed by atoms with Gasteiger partial charge in [0.15, 0.2) is 5.75 Å². The monoisotopic (exact) mass is 556 g/mol. The van der Waals surface area contributed by atoms with Crippen molar-refractivity contribution in [1.29, 1.82) is 0 Å². The molecule has 0 saturated carbocycles. The maximum absolute atomic E-state index is 13.5. The number of rotatable bonds is 9. The summed E-state index contributed by atoms with van der Waals surface area (Å²) < 4.78 is 51.6. The molecular formula is C27H36ClF3N4O3. The molecule has 2 aromatic rings. The van der Waals surface area contributed by atoms with E-state index in [1.54, 1.807) is 12.4 Å². The van der Waals surface area contributed by atoms with Crippen molar-refractivity contribution >= 4 is 23.6 Å². The molecule has 0 unspecified atom stereocenters. The van der Waals surface area contributed by atoms with Crippen LogP contribution in [-0.4, -0.2) is 51.8 Å². The first kappa shape index (κ1) is 29.8. The fourth-order valence-electron chi connectivity index (χ4n) is 4.96. The van der Waals surface area contributed by atoms with E-state index in [0.717, 1.165) is 12.1 Å². The van der Waals surface area contributed by atoms with Crippen molar-refractivity contribution in [1.82, 2.24) is 14.9 Å². The summed E-state index contributed by atoms with van der Waals surface area (Å²) >= 11 is 6.09. The molecule has 1 amide bonds. The summed E-state index contributed by atoms with van der Waals surface area (Å²) in [5.41, 5.74) is -0.415. The van der Waals surface area contributed by atoms with Crippen LogP contribution in [-0.2, 0) is 17.5 Å². The van der Waals surface area contributed by atoms with Crippen molar-refractivity contribution in [2.75, 3.05) is 11.5 Å². The molecule has 0 radical (unpaired) electrons. The number of hydrogen-bond donors (Lipinski definition) is 0. The number of halogens is 4. The molecule has 3 rings (SSSR count). The van der Waals surface area contributed by atoms with E-state index in [1.807, 2.05) is 44.4 Å². The minimum Gasteiger partial charge on any atom is -0.491 e. The summed E-state index contributed by atoms with van der Waals surface area (Å²) in [6, 6.07) is 3.20. The zero-order valence-electron chi connectivity index (χ0n) is 22.5. The molecule has 7 nitrogen and oxygen atoms in total. The van der Waals surface area contributed by atoms with Crippen molar-refractivity contribution in [3.63, 3.8) is 0 Å². The van der Waals surface area contributed by atoms with Crippen LogP contribution in [0.4, 0.5) is 23.9 Å². The van der Waals surface area contributed by atoms with E-state index in [0.29, 0.717) is 49.6 Å². The number of aromatic nitrogens is 2. The molecule has 3 atom stereocenters. The summed E-state index contributed by atoms with van der Waals surface area (Å²) in [4.78, 5) is 25.7. The number of amides is 1. The lowest BCUT2D eigenvalue weighted by atomic mass is 9.87. The lowest BCUT2D eigenvalue weighted by Crippen LogP contribution is -2.57. The van der Waals surface area contributed by atoms with E-state index in [4.69, 9.17) is 21.1 Å². The average Bonchev–Trinajstić information content (AvgIpc) is 2.86. The second-order valence-electron chi connectivity index (χ2n) is 9.71. The van der Waals surface area contributed by atoms with Gasteiger partial charge in [-0.3, -0.25) is 0 Å². The van der Waals surface area contributed by atoms with Gasteiger partial charge in [0.05, 0.1) is 30.7 Å². The smallest absolute Gasteiger partial charge is 0.416 e. The molecule has 1 aromatic carbocycles. The molecule has 0 bridgehead atoms. The van der Waals surface area contributed by atoms with Crippen molar-refractivity contribution < 1.29 is 27.4 Å². The molecule has 38 heavy (non-hydrogen) atoms. The summed E-state index contributed by atoms with van der Waals surface area (Å²) in [5.74, 6) is 0.873. The minimum atomic E-state index is -4.52. The van der Waals surface area contributed by atoms with Gasteiger partial charge in [0.25, 0.3) is 0 Å². The zero-order chi connectivity index (χ0) is 28.0. The molecule has 1 aliphatic rings. The van der Waals surface area contributed by atoms with E-state index in [2.05, 4.69) is 9.97 Å². The normalized spacial score (nSPS) is 19.9. The lowest BCUT2D eigenvalue weighted by molar-refractivity contribution is -0.137. The highest BCUT2D eigenvalue weighted by Gasteiger charge is 2.41. The molecule has 1 fully saturated rings. The molecule has 210 valence electrons. The van der Waals surface area contributed by atoms with Crippen LogP contribution in [0, 0.1) is 0 Å². The van der Waals surface area contributed by atoms with Gasteiger partial charge in [-0.25, -0.2) is 14.8 Å². The zero-order valence-corrected chi connectivity index (χ0v) is 23.2. The number of ether oxygens (including phenoxy) is 2. The van der Waals surface area contributed by atoms with Crippen molar-refractivity contribution in [3.8, 4) is 5.75 Å². The molecule has 1 saturated heterocycles. The highest BCUT2D eigenvalue weighted by molar-refractivity contribution is 6.30.